The Hall–Kier alpha value is -2.02. The molecule has 2 rings (SSSR count). The fourth-order valence-corrected chi connectivity index (χ4v) is 2.94. The summed E-state index contributed by atoms with van der Waals surface area (Å²) in [5.41, 5.74) is -0.746. The lowest BCUT2D eigenvalue weighted by Gasteiger charge is -2.14. The predicted molar refractivity (Wildman–Crippen MR) is 70.4 cm³/mol. The molecule has 3 nitrogen and oxygen atoms in total. The summed E-state index contributed by atoms with van der Waals surface area (Å²) >= 11 is 0. The molecule has 0 bridgehead atoms. The molecule has 2 aromatic rings. The zero-order valence-corrected chi connectivity index (χ0v) is 11.7. The minimum Gasteiger partial charge on any atom is -0.379 e. The molecule has 21 heavy (non-hydrogen) atoms. The second-order valence-electron chi connectivity index (χ2n) is 4.30. The third-order valence-electron chi connectivity index (χ3n) is 2.75. The monoisotopic (exact) mass is 316 g/mol. The van der Waals surface area contributed by atoms with E-state index in [-0.39, 0.29) is 5.75 Å². The Morgan fingerprint density at radius 1 is 0.952 bits per heavy atom. The summed E-state index contributed by atoms with van der Waals surface area (Å²) in [6.07, 6.45) is -4.78. The lowest BCUT2D eigenvalue weighted by Crippen LogP contribution is -2.17. The summed E-state index contributed by atoms with van der Waals surface area (Å²) in [5.74, 6) is -0.00511. The van der Waals surface area contributed by atoms with Gasteiger partial charge in [0.2, 0.25) is 0 Å². The number of aryl methyl sites for hydroxylation is 1. The number of hydrogen-bond donors (Lipinski definition) is 0. The van der Waals surface area contributed by atoms with Crippen molar-refractivity contribution in [2.24, 2.45) is 0 Å². The third kappa shape index (κ3) is 3.36. The Morgan fingerprint density at radius 2 is 1.52 bits per heavy atom. The van der Waals surface area contributed by atoms with Gasteiger partial charge in [0.25, 0.3) is 0 Å². The molecule has 0 heterocycles. The van der Waals surface area contributed by atoms with E-state index in [9.17, 15) is 21.6 Å². The van der Waals surface area contributed by atoms with Crippen molar-refractivity contribution in [3.63, 3.8) is 0 Å². The lowest BCUT2D eigenvalue weighted by atomic mass is 10.2. The van der Waals surface area contributed by atoms with Crippen LogP contribution in [0.2, 0.25) is 0 Å². The molecule has 0 radical (unpaired) electrons. The van der Waals surface area contributed by atoms with Crippen LogP contribution < -0.4 is 4.18 Å². The van der Waals surface area contributed by atoms with Crippen LogP contribution in [0.15, 0.2) is 53.4 Å². The van der Waals surface area contributed by atoms with Crippen molar-refractivity contribution in [2.75, 3.05) is 0 Å². The molecule has 0 aliphatic carbocycles. The maximum Gasteiger partial charge on any atom is 0.417 e. The van der Waals surface area contributed by atoms with Gasteiger partial charge in [-0.15, -0.1) is 0 Å². The Kier molecular flexibility index (Phi) is 3.95. The second-order valence-corrected chi connectivity index (χ2v) is 5.81. The van der Waals surface area contributed by atoms with Crippen LogP contribution in [0.5, 0.6) is 5.75 Å². The number of benzene rings is 2. The zero-order valence-electron chi connectivity index (χ0n) is 10.9. The van der Waals surface area contributed by atoms with Gasteiger partial charge in [0.1, 0.15) is 10.6 Å². The van der Waals surface area contributed by atoms with Gasteiger partial charge in [-0.3, -0.25) is 0 Å². The maximum atomic E-state index is 12.9. The van der Waals surface area contributed by atoms with E-state index in [1.807, 2.05) is 0 Å². The first kappa shape index (κ1) is 15.4. The SMILES string of the molecule is Cc1ccccc1OS(=O)(=O)c1ccccc1C(F)(F)F. The molecule has 0 spiro atoms. The minimum atomic E-state index is -4.78. The van der Waals surface area contributed by atoms with Gasteiger partial charge >= 0.3 is 16.3 Å². The van der Waals surface area contributed by atoms with E-state index in [1.54, 1.807) is 19.1 Å². The van der Waals surface area contributed by atoms with Gasteiger partial charge in [0.15, 0.2) is 0 Å². The summed E-state index contributed by atoms with van der Waals surface area (Å²) in [6.45, 7) is 1.60. The van der Waals surface area contributed by atoms with Crippen molar-refractivity contribution < 1.29 is 25.8 Å². The number of hydrogen-bond acceptors (Lipinski definition) is 3. The Morgan fingerprint density at radius 3 is 2.14 bits per heavy atom. The van der Waals surface area contributed by atoms with E-state index in [2.05, 4.69) is 0 Å². The predicted octanol–water partition coefficient (Wildman–Crippen LogP) is 3.78. The van der Waals surface area contributed by atoms with Crippen LogP contribution in [-0.2, 0) is 16.3 Å². The number of alkyl halides is 3. The fraction of sp³-hybridized carbons (Fsp3) is 0.143. The molecule has 2 aromatic carbocycles. The zero-order chi connectivity index (χ0) is 15.7. The fourth-order valence-electron chi connectivity index (χ4n) is 1.73. The molecular formula is C14H11F3O3S. The normalized spacial score (nSPS) is 12.2. The van der Waals surface area contributed by atoms with Crippen molar-refractivity contribution in [3.8, 4) is 5.75 Å². The topological polar surface area (TPSA) is 43.4 Å². The van der Waals surface area contributed by atoms with Gasteiger partial charge in [-0.2, -0.15) is 21.6 Å². The van der Waals surface area contributed by atoms with Gasteiger partial charge in [-0.1, -0.05) is 30.3 Å². The van der Waals surface area contributed by atoms with E-state index in [4.69, 9.17) is 4.18 Å². The molecule has 0 atom stereocenters. The second kappa shape index (κ2) is 5.40. The number of halogens is 3. The van der Waals surface area contributed by atoms with E-state index in [0.29, 0.717) is 11.6 Å². The van der Waals surface area contributed by atoms with Crippen molar-refractivity contribution in [1.82, 2.24) is 0 Å². The van der Waals surface area contributed by atoms with E-state index in [1.165, 1.54) is 18.2 Å². The third-order valence-corrected chi connectivity index (χ3v) is 4.05. The maximum absolute atomic E-state index is 12.9. The molecule has 0 aliphatic rings. The average molecular weight is 316 g/mol. The van der Waals surface area contributed by atoms with Gasteiger partial charge in [0, 0.05) is 0 Å². The van der Waals surface area contributed by atoms with Crippen LogP contribution in [0.3, 0.4) is 0 Å². The highest BCUT2D eigenvalue weighted by molar-refractivity contribution is 7.87. The van der Waals surface area contributed by atoms with Crippen molar-refractivity contribution in [3.05, 3.63) is 59.7 Å². The Balaban J connectivity index is 2.49. The smallest absolute Gasteiger partial charge is 0.379 e. The molecule has 0 saturated heterocycles. The van der Waals surface area contributed by atoms with Crippen LogP contribution >= 0.6 is 0 Å². The molecule has 0 saturated carbocycles. The first-order chi connectivity index (χ1) is 9.72. The van der Waals surface area contributed by atoms with Crippen molar-refractivity contribution in [1.29, 1.82) is 0 Å². The average Bonchev–Trinajstić information content (AvgIpc) is 2.40. The van der Waals surface area contributed by atoms with Crippen molar-refractivity contribution >= 4 is 10.1 Å². The largest absolute Gasteiger partial charge is 0.417 e. The molecule has 0 fully saturated rings. The first-order valence-corrected chi connectivity index (χ1v) is 7.29. The lowest BCUT2D eigenvalue weighted by molar-refractivity contribution is -0.139. The minimum absolute atomic E-state index is 0.00511. The van der Waals surface area contributed by atoms with Gasteiger partial charge in [-0.05, 0) is 30.7 Å². The summed E-state index contributed by atoms with van der Waals surface area (Å²) in [5, 5.41) is 0. The summed E-state index contributed by atoms with van der Waals surface area (Å²) in [4.78, 5) is -0.902. The van der Waals surface area contributed by atoms with Crippen LogP contribution in [-0.4, -0.2) is 8.42 Å². The molecular weight excluding hydrogens is 305 g/mol. The summed E-state index contributed by atoms with van der Waals surface area (Å²) in [7, 11) is -4.57. The highest BCUT2D eigenvalue weighted by Gasteiger charge is 2.37. The van der Waals surface area contributed by atoms with Crippen LogP contribution in [0.1, 0.15) is 11.1 Å². The van der Waals surface area contributed by atoms with Gasteiger partial charge in [0.05, 0.1) is 5.56 Å². The molecule has 0 unspecified atom stereocenters. The number of para-hydroxylation sites is 1. The first-order valence-electron chi connectivity index (χ1n) is 5.88. The van der Waals surface area contributed by atoms with Crippen LogP contribution in [0.25, 0.3) is 0 Å². The van der Waals surface area contributed by atoms with Crippen molar-refractivity contribution in [2.45, 2.75) is 18.0 Å². The summed E-state index contributed by atoms with van der Waals surface area (Å²) < 4.78 is 67.7. The standard InChI is InChI=1S/C14H11F3O3S/c1-10-6-2-4-8-12(10)20-21(18,19)13-9-5-3-7-11(13)14(15,16)17/h2-9H,1H3. The molecule has 0 N–H and O–H groups in total. The Bertz CT molecular complexity index is 752. The van der Waals surface area contributed by atoms with Crippen LogP contribution in [0, 0.1) is 6.92 Å². The van der Waals surface area contributed by atoms with Gasteiger partial charge in [-0.25, -0.2) is 0 Å². The molecule has 7 heteroatoms. The highest BCUT2D eigenvalue weighted by Crippen LogP contribution is 2.35. The quantitative estimate of drug-likeness (QED) is 0.809. The Labute approximate surface area is 120 Å². The van der Waals surface area contributed by atoms with E-state index in [0.717, 1.165) is 12.1 Å². The molecule has 112 valence electrons. The highest BCUT2D eigenvalue weighted by atomic mass is 32.2. The van der Waals surface area contributed by atoms with Crippen LogP contribution in [0.4, 0.5) is 13.2 Å². The van der Waals surface area contributed by atoms with E-state index < -0.39 is 26.8 Å². The van der Waals surface area contributed by atoms with Gasteiger partial charge < -0.3 is 4.18 Å². The molecule has 0 aromatic heterocycles. The number of rotatable bonds is 3. The van der Waals surface area contributed by atoms with E-state index >= 15 is 0 Å². The molecule has 0 amide bonds. The summed E-state index contributed by atoms with van der Waals surface area (Å²) in [6, 6.07) is 10.1. The molecule has 0 aliphatic heterocycles.